The molecule has 2 amide bonds. The van der Waals surface area contributed by atoms with E-state index in [2.05, 4.69) is 42.6 Å². The molecule has 10 nitrogen and oxygen atoms in total. The first-order chi connectivity index (χ1) is 21.4. The first-order valence-corrected chi connectivity index (χ1v) is 14.7. The van der Waals surface area contributed by atoms with Crippen molar-refractivity contribution >= 4 is 40.0 Å². The Morgan fingerprint density at radius 3 is 2.50 bits per heavy atom. The monoisotopic (exact) mass is 592 g/mol. The number of aromatic amines is 1. The molecular formula is C33H33FN8O2. The van der Waals surface area contributed by atoms with E-state index in [1.54, 1.807) is 12.1 Å². The summed E-state index contributed by atoms with van der Waals surface area (Å²) in [6.07, 6.45) is 2.65. The molecule has 0 atom stereocenters. The van der Waals surface area contributed by atoms with Gasteiger partial charge in [0.15, 0.2) is 5.82 Å². The number of nitrogens with zero attached hydrogens (tertiary/aromatic N) is 5. The molecule has 44 heavy (non-hydrogen) atoms. The van der Waals surface area contributed by atoms with Crippen molar-refractivity contribution in [3.8, 4) is 11.1 Å². The number of piperazine rings is 1. The SMILES string of the molecule is CCCN1CCN(C(=O)c2ccc(-c3ccc4c(Nc5cc(CC(=O)Nc6cccc(F)c6)[nH]n5)ncnc4c3)cc2)CC1. The topological polar surface area (TPSA) is 119 Å². The van der Waals surface area contributed by atoms with Crippen molar-refractivity contribution < 1.29 is 14.0 Å². The number of fused-ring (bicyclic) bond motifs is 1. The minimum absolute atomic E-state index is 0.0407. The number of benzene rings is 3. The van der Waals surface area contributed by atoms with Crippen molar-refractivity contribution in [3.63, 3.8) is 0 Å². The van der Waals surface area contributed by atoms with E-state index in [1.807, 2.05) is 47.4 Å². The number of aromatic nitrogens is 4. The lowest BCUT2D eigenvalue weighted by atomic mass is 10.0. The van der Waals surface area contributed by atoms with E-state index in [0.29, 0.717) is 28.6 Å². The van der Waals surface area contributed by atoms with Gasteiger partial charge in [-0.1, -0.05) is 31.2 Å². The summed E-state index contributed by atoms with van der Waals surface area (Å²) in [5.74, 6) is 0.423. The molecule has 3 N–H and O–H groups in total. The number of carbonyl (C=O) groups excluding carboxylic acids is 2. The predicted molar refractivity (Wildman–Crippen MR) is 168 cm³/mol. The molecule has 3 heterocycles. The standard InChI is InChI=1S/C33H33FN8O2/c1-2-12-41-13-15-42(16-14-41)33(44)23-8-6-22(7-9-23)24-10-11-28-29(17-24)35-21-36-32(28)38-30-19-27(39-40-30)20-31(43)37-26-5-3-4-25(34)18-26/h3-11,17-19,21H,2,12-16,20H2,1H3,(H,37,43)(H2,35,36,38,39,40). The summed E-state index contributed by atoms with van der Waals surface area (Å²) in [5, 5.41) is 13.8. The van der Waals surface area contributed by atoms with Gasteiger partial charge >= 0.3 is 0 Å². The number of halogens is 1. The lowest BCUT2D eigenvalue weighted by Crippen LogP contribution is -2.48. The molecule has 0 aliphatic carbocycles. The van der Waals surface area contributed by atoms with E-state index in [-0.39, 0.29) is 18.2 Å². The molecule has 3 aromatic carbocycles. The highest BCUT2D eigenvalue weighted by Gasteiger charge is 2.21. The van der Waals surface area contributed by atoms with Crippen LogP contribution in [-0.4, -0.2) is 74.5 Å². The van der Waals surface area contributed by atoms with Gasteiger partial charge in [0.1, 0.15) is 18.0 Å². The normalized spacial score (nSPS) is 13.6. The van der Waals surface area contributed by atoms with Crippen LogP contribution in [0.3, 0.4) is 0 Å². The van der Waals surface area contributed by atoms with Gasteiger partial charge in [-0.05, 0) is 66.6 Å². The third-order valence-electron chi connectivity index (χ3n) is 7.64. The van der Waals surface area contributed by atoms with E-state index in [1.165, 1.54) is 24.5 Å². The first kappa shape index (κ1) is 28.9. The Hall–Kier alpha value is -5.16. The quantitative estimate of drug-likeness (QED) is 0.214. The molecule has 6 rings (SSSR count). The summed E-state index contributed by atoms with van der Waals surface area (Å²) in [5.41, 5.74) is 4.37. The van der Waals surface area contributed by atoms with Crippen molar-refractivity contribution in [3.05, 3.63) is 96.2 Å². The fraction of sp³-hybridized carbons (Fsp3) is 0.242. The Morgan fingerprint density at radius 1 is 0.932 bits per heavy atom. The van der Waals surface area contributed by atoms with Crippen LogP contribution < -0.4 is 10.6 Å². The van der Waals surface area contributed by atoms with Crippen molar-refractivity contribution in [1.29, 1.82) is 0 Å². The van der Waals surface area contributed by atoms with Crippen molar-refractivity contribution in [1.82, 2.24) is 30.0 Å². The highest BCUT2D eigenvalue weighted by Crippen LogP contribution is 2.28. The van der Waals surface area contributed by atoms with Gasteiger partial charge in [0, 0.05) is 54.6 Å². The van der Waals surface area contributed by atoms with Crippen LogP contribution in [0.15, 0.2) is 79.1 Å². The maximum Gasteiger partial charge on any atom is 0.253 e. The van der Waals surface area contributed by atoms with Crippen LogP contribution in [-0.2, 0) is 11.2 Å². The number of hydrogen-bond acceptors (Lipinski definition) is 7. The van der Waals surface area contributed by atoms with Gasteiger partial charge in [0.2, 0.25) is 5.91 Å². The zero-order valence-electron chi connectivity index (χ0n) is 24.4. The molecule has 0 bridgehead atoms. The minimum atomic E-state index is -0.420. The molecule has 1 saturated heterocycles. The minimum Gasteiger partial charge on any atom is -0.336 e. The van der Waals surface area contributed by atoms with Gasteiger partial charge in [-0.3, -0.25) is 19.6 Å². The molecule has 224 valence electrons. The second-order valence-electron chi connectivity index (χ2n) is 10.8. The highest BCUT2D eigenvalue weighted by molar-refractivity contribution is 5.96. The average molecular weight is 593 g/mol. The zero-order chi connectivity index (χ0) is 30.5. The Kier molecular flexibility index (Phi) is 8.55. The van der Waals surface area contributed by atoms with Gasteiger partial charge < -0.3 is 15.5 Å². The molecule has 11 heteroatoms. The number of carbonyl (C=O) groups is 2. The molecule has 1 aliphatic rings. The van der Waals surface area contributed by atoms with Gasteiger partial charge in [-0.15, -0.1) is 0 Å². The van der Waals surface area contributed by atoms with E-state index >= 15 is 0 Å². The number of anilines is 3. The average Bonchev–Trinajstić information content (AvgIpc) is 3.47. The lowest BCUT2D eigenvalue weighted by molar-refractivity contribution is -0.115. The largest absolute Gasteiger partial charge is 0.336 e. The molecule has 2 aromatic heterocycles. The van der Waals surface area contributed by atoms with Crippen molar-refractivity contribution in [2.24, 2.45) is 0 Å². The fourth-order valence-corrected chi connectivity index (χ4v) is 5.40. The number of hydrogen-bond donors (Lipinski definition) is 3. The number of rotatable bonds is 9. The van der Waals surface area contributed by atoms with Crippen LogP contribution >= 0.6 is 0 Å². The Labute approximate surface area is 254 Å². The third-order valence-corrected chi connectivity index (χ3v) is 7.64. The maximum absolute atomic E-state index is 13.4. The van der Waals surface area contributed by atoms with Crippen LogP contribution in [0.2, 0.25) is 0 Å². The van der Waals surface area contributed by atoms with Crippen LogP contribution in [0.1, 0.15) is 29.4 Å². The summed E-state index contributed by atoms with van der Waals surface area (Å²) < 4.78 is 13.4. The van der Waals surface area contributed by atoms with Gasteiger partial charge in [-0.2, -0.15) is 5.10 Å². The lowest BCUT2D eigenvalue weighted by Gasteiger charge is -2.34. The van der Waals surface area contributed by atoms with Crippen LogP contribution in [0.4, 0.5) is 21.7 Å². The summed E-state index contributed by atoms with van der Waals surface area (Å²) in [4.78, 5) is 38.7. The van der Waals surface area contributed by atoms with Gasteiger partial charge in [0.25, 0.3) is 5.91 Å². The number of amides is 2. The van der Waals surface area contributed by atoms with Crippen molar-refractivity contribution in [2.75, 3.05) is 43.4 Å². The Balaban J connectivity index is 1.10. The molecule has 0 saturated carbocycles. The molecule has 0 unspecified atom stereocenters. The molecule has 1 fully saturated rings. The molecule has 0 radical (unpaired) electrons. The predicted octanol–water partition coefficient (Wildman–Crippen LogP) is 5.25. The summed E-state index contributed by atoms with van der Waals surface area (Å²) in [6.45, 7) is 6.61. The summed E-state index contributed by atoms with van der Waals surface area (Å²) in [6, 6.07) is 21.1. The Bertz CT molecular complexity index is 1780. The number of nitrogens with one attached hydrogen (secondary N) is 3. The van der Waals surface area contributed by atoms with Gasteiger partial charge in [0.05, 0.1) is 11.9 Å². The second-order valence-corrected chi connectivity index (χ2v) is 10.8. The Morgan fingerprint density at radius 2 is 1.73 bits per heavy atom. The third kappa shape index (κ3) is 6.73. The van der Waals surface area contributed by atoms with Crippen LogP contribution in [0.5, 0.6) is 0 Å². The zero-order valence-corrected chi connectivity index (χ0v) is 24.4. The summed E-state index contributed by atoms with van der Waals surface area (Å²) in [7, 11) is 0. The summed E-state index contributed by atoms with van der Waals surface area (Å²) >= 11 is 0. The molecule has 0 spiro atoms. The molecule has 1 aliphatic heterocycles. The highest BCUT2D eigenvalue weighted by atomic mass is 19.1. The first-order valence-electron chi connectivity index (χ1n) is 14.7. The fourth-order valence-electron chi connectivity index (χ4n) is 5.40. The van der Waals surface area contributed by atoms with E-state index in [0.717, 1.165) is 61.2 Å². The van der Waals surface area contributed by atoms with Crippen LogP contribution in [0.25, 0.3) is 22.0 Å². The van der Waals surface area contributed by atoms with Crippen LogP contribution in [0, 0.1) is 5.82 Å². The van der Waals surface area contributed by atoms with E-state index in [4.69, 9.17) is 0 Å². The maximum atomic E-state index is 13.4. The molecule has 5 aromatic rings. The van der Waals surface area contributed by atoms with Crippen molar-refractivity contribution in [2.45, 2.75) is 19.8 Å². The van der Waals surface area contributed by atoms with E-state index in [9.17, 15) is 14.0 Å². The molecular weight excluding hydrogens is 559 g/mol. The van der Waals surface area contributed by atoms with Gasteiger partial charge in [-0.25, -0.2) is 14.4 Å². The second kappa shape index (κ2) is 13.0. The van der Waals surface area contributed by atoms with E-state index < -0.39 is 5.82 Å². The number of H-pyrrole nitrogens is 1. The smallest absolute Gasteiger partial charge is 0.253 e.